The minimum atomic E-state index is -0.346. The van der Waals surface area contributed by atoms with E-state index in [9.17, 15) is 5.11 Å². The zero-order valence-corrected chi connectivity index (χ0v) is 10.7. The van der Waals surface area contributed by atoms with Crippen molar-refractivity contribution in [1.82, 2.24) is 0 Å². The molecule has 0 aliphatic rings. The van der Waals surface area contributed by atoms with Gasteiger partial charge in [-0.25, -0.2) is 0 Å². The molecular formula is C12H18N2OS. The fraction of sp³-hybridized carbons (Fsp3) is 0.417. The summed E-state index contributed by atoms with van der Waals surface area (Å²) in [7, 11) is 1.92. The van der Waals surface area contributed by atoms with Gasteiger partial charge in [0.15, 0.2) is 0 Å². The third kappa shape index (κ3) is 2.51. The van der Waals surface area contributed by atoms with E-state index in [4.69, 9.17) is 18.0 Å². The van der Waals surface area contributed by atoms with Crippen molar-refractivity contribution in [3.05, 3.63) is 29.8 Å². The molecule has 0 atom stereocenters. The summed E-state index contributed by atoms with van der Waals surface area (Å²) in [5.41, 5.74) is 7.11. The second-order valence-electron chi connectivity index (χ2n) is 4.41. The largest absolute Gasteiger partial charge is 0.394 e. The van der Waals surface area contributed by atoms with Crippen molar-refractivity contribution in [2.24, 2.45) is 5.73 Å². The highest BCUT2D eigenvalue weighted by Crippen LogP contribution is 2.25. The molecule has 16 heavy (non-hydrogen) atoms. The molecule has 0 aliphatic heterocycles. The maximum Gasteiger partial charge on any atom is 0.106 e. The molecule has 0 saturated carbocycles. The molecule has 0 radical (unpaired) electrons. The molecule has 0 bridgehead atoms. The normalized spacial score (nSPS) is 11.2. The van der Waals surface area contributed by atoms with Gasteiger partial charge in [-0.3, -0.25) is 0 Å². The van der Waals surface area contributed by atoms with Gasteiger partial charge in [0.1, 0.15) is 4.99 Å². The molecular weight excluding hydrogens is 220 g/mol. The molecule has 0 aliphatic carbocycles. The number of likely N-dealkylation sites (N-methyl/N-ethyl adjacent to an activating group) is 1. The first-order valence-corrected chi connectivity index (χ1v) is 5.54. The maximum atomic E-state index is 9.35. The van der Waals surface area contributed by atoms with Crippen LogP contribution in [0, 0.1) is 0 Å². The van der Waals surface area contributed by atoms with Crippen molar-refractivity contribution in [2.45, 2.75) is 19.4 Å². The maximum absolute atomic E-state index is 9.35. The van der Waals surface area contributed by atoms with Crippen LogP contribution in [0.2, 0.25) is 0 Å². The molecule has 3 nitrogen and oxygen atoms in total. The molecule has 3 N–H and O–H groups in total. The summed E-state index contributed by atoms with van der Waals surface area (Å²) in [6, 6.07) is 7.67. The van der Waals surface area contributed by atoms with E-state index in [0.29, 0.717) is 4.99 Å². The van der Waals surface area contributed by atoms with Crippen molar-refractivity contribution in [3.63, 3.8) is 0 Å². The van der Waals surface area contributed by atoms with E-state index in [0.717, 1.165) is 11.3 Å². The summed E-state index contributed by atoms with van der Waals surface area (Å²) >= 11 is 5.02. The van der Waals surface area contributed by atoms with E-state index in [-0.39, 0.29) is 12.1 Å². The van der Waals surface area contributed by atoms with E-state index in [1.165, 1.54) is 0 Å². The second kappa shape index (κ2) is 4.80. The minimum absolute atomic E-state index is 0.0647. The van der Waals surface area contributed by atoms with Crippen molar-refractivity contribution in [3.8, 4) is 0 Å². The van der Waals surface area contributed by atoms with Gasteiger partial charge >= 0.3 is 0 Å². The molecule has 0 unspecified atom stereocenters. The highest BCUT2D eigenvalue weighted by Gasteiger charge is 2.24. The van der Waals surface area contributed by atoms with Crippen LogP contribution < -0.4 is 10.6 Å². The Morgan fingerprint density at radius 2 is 2.00 bits per heavy atom. The SMILES string of the molecule is CN(c1ccccc1C(N)=S)C(C)(C)CO. The van der Waals surface area contributed by atoms with E-state index in [2.05, 4.69) is 0 Å². The Balaban J connectivity index is 3.18. The van der Waals surface area contributed by atoms with Gasteiger partial charge in [-0.1, -0.05) is 24.4 Å². The molecule has 0 spiro atoms. The lowest BCUT2D eigenvalue weighted by Gasteiger charge is -2.37. The van der Waals surface area contributed by atoms with Crippen LogP contribution in [0.1, 0.15) is 19.4 Å². The van der Waals surface area contributed by atoms with Gasteiger partial charge in [-0.15, -0.1) is 0 Å². The third-order valence-electron chi connectivity index (χ3n) is 2.83. The van der Waals surface area contributed by atoms with Crippen molar-refractivity contribution in [1.29, 1.82) is 0 Å². The predicted octanol–water partition coefficient (Wildman–Crippen LogP) is 1.53. The Kier molecular flexibility index (Phi) is 3.88. The highest BCUT2D eigenvalue weighted by molar-refractivity contribution is 7.80. The lowest BCUT2D eigenvalue weighted by Crippen LogP contribution is -2.45. The van der Waals surface area contributed by atoms with Gasteiger partial charge in [0, 0.05) is 18.3 Å². The number of thiocarbonyl (C=S) groups is 1. The molecule has 0 aromatic heterocycles. The van der Waals surface area contributed by atoms with E-state index < -0.39 is 0 Å². The third-order valence-corrected chi connectivity index (χ3v) is 3.05. The van der Waals surface area contributed by atoms with Crippen LogP contribution in [-0.2, 0) is 0 Å². The van der Waals surface area contributed by atoms with Crippen molar-refractivity contribution in [2.75, 3.05) is 18.6 Å². The summed E-state index contributed by atoms with van der Waals surface area (Å²) in [6.45, 7) is 3.99. The Morgan fingerprint density at radius 1 is 1.44 bits per heavy atom. The van der Waals surface area contributed by atoms with E-state index in [1.54, 1.807) is 0 Å². The molecule has 0 fully saturated rings. The summed E-state index contributed by atoms with van der Waals surface area (Å²) in [4.78, 5) is 2.36. The smallest absolute Gasteiger partial charge is 0.106 e. The van der Waals surface area contributed by atoms with Crippen LogP contribution in [-0.4, -0.2) is 29.3 Å². The van der Waals surface area contributed by atoms with Gasteiger partial charge in [-0.2, -0.15) is 0 Å². The molecule has 1 aromatic carbocycles. The Morgan fingerprint density at radius 3 is 2.50 bits per heavy atom. The average Bonchev–Trinajstić information content (AvgIpc) is 2.28. The first-order valence-electron chi connectivity index (χ1n) is 5.13. The van der Waals surface area contributed by atoms with Gasteiger partial charge in [0.2, 0.25) is 0 Å². The first kappa shape index (κ1) is 12.9. The molecule has 1 aromatic rings. The topological polar surface area (TPSA) is 49.5 Å². The standard InChI is InChI=1S/C12H18N2OS/c1-12(2,8-15)14(3)10-7-5-4-6-9(10)11(13)16/h4-7,15H,8H2,1-3H3,(H2,13,16). The Labute approximate surface area is 102 Å². The summed E-state index contributed by atoms with van der Waals surface area (Å²) in [6.07, 6.45) is 0. The van der Waals surface area contributed by atoms with Crippen LogP contribution in [0.4, 0.5) is 5.69 Å². The van der Waals surface area contributed by atoms with Crippen LogP contribution in [0.15, 0.2) is 24.3 Å². The Bertz CT molecular complexity index is 390. The summed E-state index contributed by atoms with van der Waals surface area (Å²) in [5, 5.41) is 9.35. The molecule has 0 amide bonds. The molecule has 4 heteroatoms. The van der Waals surface area contributed by atoms with Crippen LogP contribution in [0.5, 0.6) is 0 Å². The summed E-state index contributed by atoms with van der Waals surface area (Å²) < 4.78 is 0. The minimum Gasteiger partial charge on any atom is -0.394 e. The zero-order chi connectivity index (χ0) is 12.3. The number of para-hydroxylation sites is 1. The Hall–Kier alpha value is -1.13. The molecule has 0 heterocycles. The van der Waals surface area contributed by atoms with Crippen molar-refractivity contribution < 1.29 is 5.11 Å². The number of nitrogens with zero attached hydrogens (tertiary/aromatic N) is 1. The van der Waals surface area contributed by atoms with Crippen LogP contribution in [0.25, 0.3) is 0 Å². The second-order valence-corrected chi connectivity index (χ2v) is 4.85. The fourth-order valence-electron chi connectivity index (χ4n) is 1.41. The van der Waals surface area contributed by atoms with Gasteiger partial charge < -0.3 is 15.7 Å². The zero-order valence-electron chi connectivity index (χ0n) is 9.90. The van der Waals surface area contributed by atoms with Crippen LogP contribution in [0.3, 0.4) is 0 Å². The monoisotopic (exact) mass is 238 g/mol. The average molecular weight is 238 g/mol. The number of aliphatic hydroxyl groups excluding tert-OH is 1. The lowest BCUT2D eigenvalue weighted by atomic mass is 10.0. The number of nitrogens with two attached hydrogens (primary N) is 1. The molecule has 88 valence electrons. The number of hydrogen-bond donors (Lipinski definition) is 2. The first-order chi connectivity index (χ1) is 7.40. The highest BCUT2D eigenvalue weighted by atomic mass is 32.1. The van der Waals surface area contributed by atoms with Gasteiger partial charge in [0.25, 0.3) is 0 Å². The lowest BCUT2D eigenvalue weighted by molar-refractivity contribution is 0.216. The number of benzene rings is 1. The summed E-state index contributed by atoms with van der Waals surface area (Å²) in [5.74, 6) is 0. The molecule has 1 rings (SSSR count). The predicted molar refractivity (Wildman–Crippen MR) is 71.9 cm³/mol. The molecule has 0 saturated heterocycles. The van der Waals surface area contributed by atoms with E-state index >= 15 is 0 Å². The van der Waals surface area contributed by atoms with Gasteiger partial charge in [-0.05, 0) is 26.0 Å². The fourth-order valence-corrected chi connectivity index (χ4v) is 1.58. The van der Waals surface area contributed by atoms with Crippen LogP contribution >= 0.6 is 12.2 Å². The number of hydrogen-bond acceptors (Lipinski definition) is 3. The number of rotatable bonds is 4. The van der Waals surface area contributed by atoms with Crippen molar-refractivity contribution >= 4 is 22.9 Å². The van der Waals surface area contributed by atoms with Gasteiger partial charge in [0.05, 0.1) is 12.1 Å². The number of anilines is 1. The van der Waals surface area contributed by atoms with E-state index in [1.807, 2.05) is 50.1 Å². The quantitative estimate of drug-likeness (QED) is 0.781. The number of aliphatic hydroxyl groups is 1.